The van der Waals surface area contributed by atoms with E-state index in [-0.39, 0.29) is 6.04 Å². The van der Waals surface area contributed by atoms with Crippen LogP contribution in [-0.4, -0.2) is 31.7 Å². The third-order valence-electron chi connectivity index (χ3n) is 5.21. The molecule has 4 aromatic rings. The van der Waals surface area contributed by atoms with Crippen LogP contribution in [0.15, 0.2) is 53.4 Å². The van der Waals surface area contributed by atoms with Gasteiger partial charge in [-0.25, -0.2) is 9.61 Å². The number of imidazole rings is 1. The van der Waals surface area contributed by atoms with E-state index in [1.165, 1.54) is 22.4 Å². The summed E-state index contributed by atoms with van der Waals surface area (Å²) in [5.41, 5.74) is 7.76. The lowest BCUT2D eigenvalue weighted by molar-refractivity contribution is 0.200. The SMILES string of the molecule is Cc1ccccc1[C@@H]1c2nc[nH]c2CCN1Cc1ccc2nonc2c1. The summed E-state index contributed by atoms with van der Waals surface area (Å²) in [6.45, 7) is 3.97. The van der Waals surface area contributed by atoms with Crippen LogP contribution in [0.1, 0.15) is 34.1 Å². The molecule has 3 heterocycles. The van der Waals surface area contributed by atoms with Gasteiger partial charge in [-0.05, 0) is 46.1 Å². The highest BCUT2D eigenvalue weighted by Crippen LogP contribution is 2.35. The Hall–Kier alpha value is -2.99. The van der Waals surface area contributed by atoms with Crippen LogP contribution in [-0.2, 0) is 13.0 Å². The van der Waals surface area contributed by atoms with Crippen LogP contribution >= 0.6 is 0 Å². The first kappa shape index (κ1) is 15.3. The molecule has 0 aliphatic carbocycles. The van der Waals surface area contributed by atoms with Crippen molar-refractivity contribution in [2.24, 2.45) is 0 Å². The van der Waals surface area contributed by atoms with Gasteiger partial charge in [0.2, 0.25) is 0 Å². The molecule has 0 fully saturated rings. The Bertz CT molecular complexity index is 1070. The standard InChI is InChI=1S/C20H19N5O/c1-13-4-2-3-5-15(13)20-19-17(21-12-22-19)8-9-25(20)11-14-6-7-16-18(10-14)24-26-23-16/h2-7,10,12,20H,8-9,11H2,1H3,(H,21,22)/t20-/m1/s1. The molecule has 0 saturated carbocycles. The summed E-state index contributed by atoms with van der Waals surface area (Å²) in [6, 6.07) is 14.8. The second kappa shape index (κ2) is 6.07. The predicted octanol–water partition coefficient (Wildman–Crippen LogP) is 3.40. The quantitative estimate of drug-likeness (QED) is 0.616. The second-order valence-corrected chi connectivity index (χ2v) is 6.83. The first-order valence-electron chi connectivity index (χ1n) is 8.82. The van der Waals surface area contributed by atoms with Crippen LogP contribution in [0.3, 0.4) is 0 Å². The zero-order valence-electron chi connectivity index (χ0n) is 14.5. The Labute approximate surface area is 150 Å². The minimum Gasteiger partial charge on any atom is -0.348 e. The fraction of sp³-hybridized carbons (Fsp3) is 0.250. The number of aryl methyl sites for hydroxylation is 1. The van der Waals surface area contributed by atoms with Gasteiger partial charge in [0.1, 0.15) is 11.0 Å². The Kier molecular flexibility index (Phi) is 3.57. The summed E-state index contributed by atoms with van der Waals surface area (Å²) in [5.74, 6) is 0. The number of H-pyrrole nitrogens is 1. The van der Waals surface area contributed by atoms with Gasteiger partial charge >= 0.3 is 0 Å². The smallest absolute Gasteiger partial charge is 0.135 e. The topological polar surface area (TPSA) is 70.8 Å². The molecule has 5 rings (SSSR count). The molecule has 130 valence electrons. The van der Waals surface area contributed by atoms with Gasteiger partial charge in [-0.2, -0.15) is 0 Å². The molecular formula is C20H19N5O. The van der Waals surface area contributed by atoms with Crippen molar-refractivity contribution >= 4 is 11.0 Å². The molecule has 6 heteroatoms. The maximum atomic E-state index is 4.82. The van der Waals surface area contributed by atoms with Gasteiger partial charge in [0.15, 0.2) is 0 Å². The lowest BCUT2D eigenvalue weighted by Gasteiger charge is -2.36. The maximum Gasteiger partial charge on any atom is 0.135 e. The highest BCUT2D eigenvalue weighted by molar-refractivity contribution is 5.73. The summed E-state index contributed by atoms with van der Waals surface area (Å²) in [4.78, 5) is 10.5. The molecule has 0 unspecified atom stereocenters. The summed E-state index contributed by atoms with van der Waals surface area (Å²) >= 11 is 0. The van der Waals surface area contributed by atoms with Crippen LogP contribution in [0.4, 0.5) is 0 Å². The predicted molar refractivity (Wildman–Crippen MR) is 97.5 cm³/mol. The minimum atomic E-state index is 0.150. The van der Waals surface area contributed by atoms with Crippen molar-refractivity contribution in [1.82, 2.24) is 25.2 Å². The van der Waals surface area contributed by atoms with Gasteiger partial charge in [0.05, 0.1) is 18.1 Å². The molecule has 0 saturated heterocycles. The highest BCUT2D eigenvalue weighted by Gasteiger charge is 2.31. The van der Waals surface area contributed by atoms with Crippen molar-refractivity contribution in [3.63, 3.8) is 0 Å². The molecule has 1 atom stereocenters. The number of rotatable bonds is 3. The minimum absolute atomic E-state index is 0.150. The van der Waals surface area contributed by atoms with Gasteiger partial charge in [0.25, 0.3) is 0 Å². The molecular weight excluding hydrogens is 326 g/mol. The highest BCUT2D eigenvalue weighted by atomic mass is 16.6. The van der Waals surface area contributed by atoms with Crippen molar-refractivity contribution in [2.45, 2.75) is 25.9 Å². The number of nitrogens with zero attached hydrogens (tertiary/aromatic N) is 4. The zero-order valence-corrected chi connectivity index (χ0v) is 14.5. The molecule has 1 aliphatic heterocycles. The normalized spacial score (nSPS) is 17.5. The number of aromatic amines is 1. The zero-order chi connectivity index (χ0) is 17.5. The molecule has 2 aromatic heterocycles. The van der Waals surface area contributed by atoms with E-state index in [1.54, 1.807) is 0 Å². The van der Waals surface area contributed by atoms with Gasteiger partial charge < -0.3 is 4.98 Å². The molecule has 0 bridgehead atoms. The van der Waals surface area contributed by atoms with E-state index in [9.17, 15) is 0 Å². The van der Waals surface area contributed by atoms with Crippen LogP contribution in [0, 0.1) is 6.92 Å². The van der Waals surface area contributed by atoms with E-state index in [4.69, 9.17) is 4.63 Å². The number of benzene rings is 2. The van der Waals surface area contributed by atoms with Gasteiger partial charge in [0, 0.05) is 25.2 Å². The van der Waals surface area contributed by atoms with E-state index in [0.717, 1.165) is 36.2 Å². The maximum absolute atomic E-state index is 4.82. The molecule has 2 aromatic carbocycles. The van der Waals surface area contributed by atoms with E-state index in [2.05, 4.69) is 68.5 Å². The molecule has 1 N–H and O–H groups in total. The Morgan fingerprint density at radius 1 is 1.15 bits per heavy atom. The van der Waals surface area contributed by atoms with E-state index in [0.29, 0.717) is 0 Å². The van der Waals surface area contributed by atoms with Crippen LogP contribution in [0.2, 0.25) is 0 Å². The summed E-state index contributed by atoms with van der Waals surface area (Å²) in [6.07, 6.45) is 2.79. The Morgan fingerprint density at radius 3 is 2.96 bits per heavy atom. The molecule has 1 aliphatic rings. The Balaban J connectivity index is 1.55. The average molecular weight is 345 g/mol. The third-order valence-corrected chi connectivity index (χ3v) is 5.21. The van der Waals surface area contributed by atoms with Crippen molar-refractivity contribution < 1.29 is 4.63 Å². The monoisotopic (exact) mass is 345 g/mol. The van der Waals surface area contributed by atoms with Gasteiger partial charge in [-0.3, -0.25) is 4.90 Å². The number of hydrogen-bond acceptors (Lipinski definition) is 5. The first-order valence-corrected chi connectivity index (χ1v) is 8.82. The second-order valence-electron chi connectivity index (χ2n) is 6.83. The molecule has 0 radical (unpaired) electrons. The van der Waals surface area contributed by atoms with Crippen molar-refractivity contribution in [2.75, 3.05) is 6.54 Å². The fourth-order valence-electron chi connectivity index (χ4n) is 3.89. The summed E-state index contributed by atoms with van der Waals surface area (Å²) < 4.78 is 4.82. The van der Waals surface area contributed by atoms with Crippen molar-refractivity contribution in [1.29, 1.82) is 0 Å². The third kappa shape index (κ3) is 2.50. The van der Waals surface area contributed by atoms with Crippen molar-refractivity contribution in [3.8, 4) is 0 Å². The van der Waals surface area contributed by atoms with Crippen molar-refractivity contribution in [3.05, 3.63) is 76.9 Å². The van der Waals surface area contributed by atoms with Crippen LogP contribution in [0.25, 0.3) is 11.0 Å². The van der Waals surface area contributed by atoms with Crippen LogP contribution < -0.4 is 0 Å². The van der Waals surface area contributed by atoms with E-state index >= 15 is 0 Å². The molecule has 6 nitrogen and oxygen atoms in total. The molecule has 0 spiro atoms. The lowest BCUT2D eigenvalue weighted by Crippen LogP contribution is -2.36. The fourth-order valence-corrected chi connectivity index (χ4v) is 3.89. The Morgan fingerprint density at radius 2 is 2.04 bits per heavy atom. The number of aromatic nitrogens is 4. The first-order chi connectivity index (χ1) is 12.8. The lowest BCUT2D eigenvalue weighted by atomic mass is 9.92. The van der Waals surface area contributed by atoms with E-state index < -0.39 is 0 Å². The summed E-state index contributed by atoms with van der Waals surface area (Å²) in [5, 5.41) is 7.86. The molecule has 26 heavy (non-hydrogen) atoms. The van der Waals surface area contributed by atoms with Gasteiger partial charge in [-0.15, -0.1) is 0 Å². The molecule has 0 amide bonds. The number of hydrogen-bond donors (Lipinski definition) is 1. The van der Waals surface area contributed by atoms with Crippen LogP contribution in [0.5, 0.6) is 0 Å². The van der Waals surface area contributed by atoms with E-state index in [1.807, 2.05) is 12.4 Å². The largest absolute Gasteiger partial charge is 0.348 e. The van der Waals surface area contributed by atoms with Gasteiger partial charge in [-0.1, -0.05) is 30.3 Å². The summed E-state index contributed by atoms with van der Waals surface area (Å²) in [7, 11) is 0. The average Bonchev–Trinajstić information content (AvgIpc) is 3.31. The number of nitrogens with one attached hydrogen (secondary N) is 1. The number of fused-ring (bicyclic) bond motifs is 2.